The maximum atomic E-state index is 12.5. The maximum absolute atomic E-state index is 12.5. The van der Waals surface area contributed by atoms with Crippen molar-refractivity contribution in [2.75, 3.05) is 46.0 Å². The zero-order chi connectivity index (χ0) is 23.2. The third-order valence-electron chi connectivity index (χ3n) is 6.07. The quantitative estimate of drug-likeness (QED) is 0.539. The molecule has 1 amide bonds. The van der Waals surface area contributed by atoms with Gasteiger partial charge in [-0.25, -0.2) is 4.68 Å². The predicted octanol–water partition coefficient (Wildman–Crippen LogP) is 2.82. The number of pyridine rings is 1. The van der Waals surface area contributed by atoms with Crippen LogP contribution in [-0.4, -0.2) is 71.6 Å². The predicted molar refractivity (Wildman–Crippen MR) is 128 cm³/mol. The monoisotopic (exact) mass is 451 g/mol. The molecule has 1 saturated heterocycles. The minimum atomic E-state index is 0.0434. The first-order valence-electron chi connectivity index (χ1n) is 11.7. The van der Waals surface area contributed by atoms with Crippen LogP contribution < -0.4 is 10.1 Å². The van der Waals surface area contributed by atoms with Crippen molar-refractivity contribution in [3.05, 3.63) is 47.2 Å². The van der Waals surface area contributed by atoms with E-state index >= 15 is 0 Å². The molecule has 1 aliphatic heterocycles. The largest absolute Gasteiger partial charge is 0.478 e. The number of hydrogen-bond donors (Lipinski definition) is 1. The van der Waals surface area contributed by atoms with Gasteiger partial charge in [0.2, 0.25) is 11.8 Å². The summed E-state index contributed by atoms with van der Waals surface area (Å²) in [6.45, 7) is 11.4. The topological polar surface area (TPSA) is 81.5 Å². The molecule has 1 aliphatic rings. The van der Waals surface area contributed by atoms with Gasteiger partial charge in [-0.3, -0.25) is 9.69 Å². The Balaban J connectivity index is 1.50. The molecule has 1 N–H and O–H groups in total. The Morgan fingerprint density at radius 2 is 1.94 bits per heavy atom. The van der Waals surface area contributed by atoms with Crippen LogP contribution in [0.15, 0.2) is 30.3 Å². The highest BCUT2D eigenvalue weighted by atomic mass is 16.5. The van der Waals surface area contributed by atoms with E-state index in [2.05, 4.69) is 17.1 Å². The van der Waals surface area contributed by atoms with E-state index in [0.717, 1.165) is 66.4 Å². The molecular weight excluding hydrogens is 418 g/mol. The van der Waals surface area contributed by atoms with Crippen LogP contribution in [0.5, 0.6) is 5.88 Å². The Morgan fingerprint density at radius 3 is 2.67 bits per heavy atom. The second-order valence-electron chi connectivity index (χ2n) is 8.29. The van der Waals surface area contributed by atoms with Crippen molar-refractivity contribution in [3.63, 3.8) is 0 Å². The number of benzene rings is 1. The molecule has 0 radical (unpaired) electrons. The summed E-state index contributed by atoms with van der Waals surface area (Å²) in [5.74, 6) is 0.627. The second-order valence-corrected chi connectivity index (χ2v) is 8.29. The molecule has 33 heavy (non-hydrogen) atoms. The van der Waals surface area contributed by atoms with Crippen molar-refractivity contribution in [1.29, 1.82) is 0 Å². The van der Waals surface area contributed by atoms with Crippen molar-refractivity contribution in [3.8, 4) is 11.6 Å². The van der Waals surface area contributed by atoms with Crippen LogP contribution >= 0.6 is 0 Å². The summed E-state index contributed by atoms with van der Waals surface area (Å²) >= 11 is 0. The summed E-state index contributed by atoms with van der Waals surface area (Å²) in [4.78, 5) is 19.7. The third-order valence-corrected chi connectivity index (χ3v) is 6.07. The summed E-state index contributed by atoms with van der Waals surface area (Å²) in [5, 5.41) is 8.81. The number of ether oxygens (including phenoxy) is 2. The Labute approximate surface area is 194 Å². The standard InChI is InChI=1S/C25H33N5O3/c1-4-33-25-21(10-11-22(31)26-12-13-29-14-16-32-17-15-29)18(2)23-19(3)28-30(24(23)27-25)20-8-6-5-7-9-20/h5-9H,4,10-17H2,1-3H3,(H,26,31). The fourth-order valence-electron chi connectivity index (χ4n) is 4.34. The summed E-state index contributed by atoms with van der Waals surface area (Å²) < 4.78 is 13.1. The fraction of sp³-hybridized carbons (Fsp3) is 0.480. The van der Waals surface area contributed by atoms with E-state index in [1.807, 2.05) is 48.9 Å². The number of rotatable bonds is 9. The van der Waals surface area contributed by atoms with Gasteiger partial charge in [0.15, 0.2) is 5.65 Å². The highest BCUT2D eigenvalue weighted by molar-refractivity contribution is 5.86. The number of nitrogens with zero attached hydrogens (tertiary/aromatic N) is 4. The number of aromatic nitrogens is 3. The molecule has 4 rings (SSSR count). The highest BCUT2D eigenvalue weighted by Gasteiger charge is 2.20. The first kappa shape index (κ1) is 23.2. The lowest BCUT2D eigenvalue weighted by Gasteiger charge is -2.26. The SMILES string of the molecule is CCOc1nc2c(c(C)nn2-c2ccccc2)c(C)c1CCC(=O)NCCN1CCOCC1. The number of aryl methyl sites for hydroxylation is 2. The number of amides is 1. The third kappa shape index (κ3) is 5.34. The molecular formula is C25H33N5O3. The summed E-state index contributed by atoms with van der Waals surface area (Å²) in [7, 11) is 0. The molecule has 0 bridgehead atoms. The average molecular weight is 452 g/mol. The minimum absolute atomic E-state index is 0.0434. The van der Waals surface area contributed by atoms with E-state index in [1.54, 1.807) is 0 Å². The number of carbonyl (C=O) groups is 1. The first-order valence-corrected chi connectivity index (χ1v) is 11.7. The summed E-state index contributed by atoms with van der Waals surface area (Å²) in [6.07, 6.45) is 0.965. The van der Waals surface area contributed by atoms with Gasteiger partial charge in [-0.1, -0.05) is 18.2 Å². The van der Waals surface area contributed by atoms with Crippen LogP contribution in [0.1, 0.15) is 30.2 Å². The molecule has 3 aromatic rings. The molecule has 8 heteroatoms. The van der Waals surface area contributed by atoms with E-state index in [9.17, 15) is 4.79 Å². The maximum Gasteiger partial charge on any atom is 0.220 e. The lowest BCUT2D eigenvalue weighted by atomic mass is 10.0. The molecule has 1 aromatic carbocycles. The number of hydrogen-bond acceptors (Lipinski definition) is 6. The van der Waals surface area contributed by atoms with Gasteiger partial charge in [0.25, 0.3) is 0 Å². The molecule has 3 heterocycles. The lowest BCUT2D eigenvalue weighted by Crippen LogP contribution is -2.41. The molecule has 0 aliphatic carbocycles. The zero-order valence-corrected chi connectivity index (χ0v) is 19.8. The van der Waals surface area contributed by atoms with Gasteiger partial charge in [0.05, 0.1) is 31.2 Å². The van der Waals surface area contributed by atoms with Crippen LogP contribution in [0.2, 0.25) is 0 Å². The van der Waals surface area contributed by atoms with Gasteiger partial charge < -0.3 is 14.8 Å². The highest BCUT2D eigenvalue weighted by Crippen LogP contribution is 2.32. The molecule has 1 fully saturated rings. The molecule has 8 nitrogen and oxygen atoms in total. The van der Waals surface area contributed by atoms with E-state index in [4.69, 9.17) is 19.6 Å². The van der Waals surface area contributed by atoms with Crippen LogP contribution in [0.4, 0.5) is 0 Å². The zero-order valence-electron chi connectivity index (χ0n) is 19.8. The van der Waals surface area contributed by atoms with Crippen LogP contribution in [-0.2, 0) is 16.0 Å². The van der Waals surface area contributed by atoms with Gasteiger partial charge in [-0.15, -0.1) is 0 Å². The van der Waals surface area contributed by atoms with Gasteiger partial charge >= 0.3 is 0 Å². The summed E-state index contributed by atoms with van der Waals surface area (Å²) in [5.41, 5.74) is 4.70. The molecule has 176 valence electrons. The molecule has 0 saturated carbocycles. The van der Waals surface area contributed by atoms with E-state index in [-0.39, 0.29) is 5.91 Å². The van der Waals surface area contributed by atoms with Crippen molar-refractivity contribution in [1.82, 2.24) is 25.0 Å². The molecule has 0 spiro atoms. The van der Waals surface area contributed by atoms with Crippen molar-refractivity contribution >= 4 is 16.9 Å². The Morgan fingerprint density at radius 1 is 1.18 bits per heavy atom. The Hall–Kier alpha value is -2.97. The van der Waals surface area contributed by atoms with Crippen LogP contribution in [0.25, 0.3) is 16.7 Å². The first-order chi connectivity index (χ1) is 16.1. The number of fused-ring (bicyclic) bond motifs is 1. The Kier molecular flexibility index (Phi) is 7.57. The van der Waals surface area contributed by atoms with E-state index < -0.39 is 0 Å². The fourth-order valence-corrected chi connectivity index (χ4v) is 4.34. The van der Waals surface area contributed by atoms with Gasteiger partial charge in [0, 0.05) is 43.5 Å². The van der Waals surface area contributed by atoms with Gasteiger partial charge in [0.1, 0.15) is 0 Å². The second kappa shape index (κ2) is 10.8. The van der Waals surface area contributed by atoms with Crippen LogP contribution in [0.3, 0.4) is 0 Å². The lowest BCUT2D eigenvalue weighted by molar-refractivity contribution is -0.121. The number of para-hydroxylation sites is 1. The van der Waals surface area contributed by atoms with E-state index in [0.29, 0.717) is 31.9 Å². The van der Waals surface area contributed by atoms with Crippen molar-refractivity contribution < 1.29 is 14.3 Å². The number of nitrogens with one attached hydrogen (secondary N) is 1. The van der Waals surface area contributed by atoms with E-state index in [1.165, 1.54) is 0 Å². The smallest absolute Gasteiger partial charge is 0.220 e. The molecule has 0 unspecified atom stereocenters. The van der Waals surface area contributed by atoms with Crippen LogP contribution in [0, 0.1) is 13.8 Å². The van der Waals surface area contributed by atoms with Gasteiger partial charge in [-0.2, -0.15) is 10.1 Å². The minimum Gasteiger partial charge on any atom is -0.478 e. The number of morpholine rings is 1. The van der Waals surface area contributed by atoms with Crippen molar-refractivity contribution in [2.45, 2.75) is 33.6 Å². The van der Waals surface area contributed by atoms with Gasteiger partial charge in [-0.05, 0) is 44.9 Å². The van der Waals surface area contributed by atoms with Crippen molar-refractivity contribution in [2.24, 2.45) is 0 Å². The number of carbonyl (C=O) groups excluding carboxylic acids is 1. The Bertz CT molecular complexity index is 1090. The normalized spacial score (nSPS) is 14.5. The molecule has 2 aromatic heterocycles. The average Bonchev–Trinajstić information content (AvgIpc) is 3.16. The summed E-state index contributed by atoms with van der Waals surface area (Å²) in [6, 6.07) is 9.98. The molecule has 0 atom stereocenters.